The van der Waals surface area contributed by atoms with Crippen LogP contribution in [0.5, 0.6) is 0 Å². The number of nitriles is 3. The summed E-state index contributed by atoms with van der Waals surface area (Å²) in [6.07, 6.45) is 1.15. The molecule has 1 unspecified atom stereocenters. The molecule has 51 heavy (non-hydrogen) atoms. The van der Waals surface area contributed by atoms with Crippen molar-refractivity contribution >= 4 is 43.6 Å². The molecule has 0 spiro atoms. The van der Waals surface area contributed by atoms with Gasteiger partial charge < -0.3 is 19.2 Å². The number of rotatable bonds is 11. The second kappa shape index (κ2) is 15.5. The van der Waals surface area contributed by atoms with Gasteiger partial charge >= 0.3 is 6.18 Å². The number of thiophene rings is 1. The van der Waals surface area contributed by atoms with E-state index in [0.29, 0.717) is 17.0 Å². The normalized spacial score (nSPS) is 16.6. The molecule has 3 aromatic rings. The van der Waals surface area contributed by atoms with Gasteiger partial charge in [-0.05, 0) is 59.6 Å². The molecule has 0 aliphatic carbocycles. The highest BCUT2D eigenvalue weighted by atomic mass is 32.1. The van der Waals surface area contributed by atoms with Gasteiger partial charge in [0.2, 0.25) is 0 Å². The van der Waals surface area contributed by atoms with Crippen LogP contribution >= 0.6 is 11.3 Å². The van der Waals surface area contributed by atoms with Gasteiger partial charge in [-0.3, -0.25) is 0 Å². The molecule has 0 amide bonds. The maximum Gasteiger partial charge on any atom is 0.437 e. The van der Waals surface area contributed by atoms with Gasteiger partial charge in [-0.15, -0.1) is 11.3 Å². The van der Waals surface area contributed by atoms with E-state index in [9.17, 15) is 20.9 Å². The van der Waals surface area contributed by atoms with Crippen molar-refractivity contribution in [2.75, 3.05) is 25.1 Å². The number of hydrogen-bond donors (Lipinski definition) is 1. The number of hydrogen-bond acceptors (Lipinski definition) is 8. The van der Waals surface area contributed by atoms with Crippen LogP contribution in [-0.4, -0.2) is 39.8 Å². The highest BCUT2D eigenvalue weighted by molar-refractivity contribution is 7.14. The van der Waals surface area contributed by atoms with E-state index in [4.69, 9.17) is 9.16 Å². The Bertz CT molecular complexity index is 1970. The molecule has 4 rings (SSSR count). The first-order valence-corrected chi connectivity index (χ1v) is 19.8. The Hall–Kier alpha value is -4.90. The lowest BCUT2D eigenvalue weighted by Crippen LogP contribution is -2.43. The minimum Gasteiger partial charge on any atom is -0.465 e. The lowest BCUT2D eigenvalue weighted by Gasteiger charge is -2.36. The summed E-state index contributed by atoms with van der Waals surface area (Å²) in [6, 6.07) is 21.3. The Labute approximate surface area is 302 Å². The van der Waals surface area contributed by atoms with Crippen molar-refractivity contribution in [3.63, 3.8) is 0 Å². The molecule has 1 N–H and O–H groups in total. The average molecular weight is 729 g/mol. The molecule has 0 radical (unpaired) electrons. The zero-order valence-corrected chi connectivity index (χ0v) is 31.1. The molecule has 0 fully saturated rings. The zero-order valence-electron chi connectivity index (χ0n) is 29.3. The summed E-state index contributed by atoms with van der Waals surface area (Å²) in [5, 5.41) is 39.2. The maximum absolute atomic E-state index is 15.1. The monoisotopic (exact) mass is 728 g/mol. The number of allylic oxidation sites excluding steroid dienone is 2. The fourth-order valence-corrected chi connectivity index (χ4v) is 7.22. The second-order valence-corrected chi connectivity index (χ2v) is 19.4. The van der Waals surface area contributed by atoms with Gasteiger partial charge in [0, 0.05) is 40.2 Å². The van der Waals surface area contributed by atoms with Crippen LogP contribution < -0.4 is 4.90 Å². The number of likely N-dealkylation sites (N-methyl/N-ethyl adjacent to an activating group) is 1. The van der Waals surface area contributed by atoms with E-state index in [-0.39, 0.29) is 17.2 Å². The molecule has 1 aliphatic heterocycles. The molecule has 12 heteroatoms. The van der Waals surface area contributed by atoms with E-state index >= 15 is 13.2 Å². The predicted octanol–water partition coefficient (Wildman–Crippen LogP) is 9.49. The molecule has 7 nitrogen and oxygen atoms in total. The Morgan fingerprint density at radius 1 is 0.980 bits per heavy atom. The van der Waals surface area contributed by atoms with Crippen molar-refractivity contribution < 1.29 is 27.4 Å². The van der Waals surface area contributed by atoms with Crippen LogP contribution in [-0.2, 0) is 21.4 Å². The van der Waals surface area contributed by atoms with E-state index in [1.54, 1.807) is 12.1 Å². The number of alkyl halides is 3. The van der Waals surface area contributed by atoms with Gasteiger partial charge in [0.15, 0.2) is 19.6 Å². The Kier molecular flexibility index (Phi) is 11.9. The standard InChI is InChI=1S/C39H39F3N4O3SSi/c1-37(2,3)51(5,6)48-21-20-46(4)31-15-12-27(13-16-31)14-17-32-22-28(26-47)35(50-32)19-18-34-33(25-45)36(29(23-43)24-44)49-38(34,39(40,41)42)30-10-8-7-9-11-30/h7-19,22,47H,20-21,26H2,1-6H3. The molecule has 0 saturated carbocycles. The quantitative estimate of drug-likeness (QED) is 0.155. The number of benzene rings is 2. The number of aliphatic hydroxyl groups excluding tert-OH is 1. The first-order chi connectivity index (χ1) is 24.0. The first-order valence-electron chi connectivity index (χ1n) is 16.1. The molecule has 2 aromatic carbocycles. The predicted molar refractivity (Wildman–Crippen MR) is 197 cm³/mol. The highest BCUT2D eigenvalue weighted by Gasteiger charge is 2.65. The summed E-state index contributed by atoms with van der Waals surface area (Å²) in [7, 11) is 0.191. The molecular formula is C39H39F3N4O3SSi. The highest BCUT2D eigenvalue weighted by Crippen LogP contribution is 2.56. The average Bonchev–Trinajstić information content (AvgIpc) is 3.65. The van der Waals surface area contributed by atoms with Crippen molar-refractivity contribution in [2.24, 2.45) is 0 Å². The van der Waals surface area contributed by atoms with E-state index in [1.165, 1.54) is 59.9 Å². The largest absolute Gasteiger partial charge is 0.465 e. The number of aliphatic hydroxyl groups is 1. The van der Waals surface area contributed by atoms with E-state index in [2.05, 4.69) is 38.8 Å². The van der Waals surface area contributed by atoms with Gasteiger partial charge in [-0.1, -0.05) is 75.4 Å². The van der Waals surface area contributed by atoms with Crippen LogP contribution in [0.4, 0.5) is 18.9 Å². The fourth-order valence-electron chi connectivity index (χ4n) is 5.21. The van der Waals surface area contributed by atoms with E-state index < -0.39 is 42.6 Å². The topological polar surface area (TPSA) is 113 Å². The van der Waals surface area contributed by atoms with Crippen LogP contribution in [0.1, 0.15) is 47.2 Å². The Balaban J connectivity index is 1.62. The third-order valence-corrected chi connectivity index (χ3v) is 14.8. The Morgan fingerprint density at radius 2 is 1.63 bits per heavy atom. The minimum atomic E-state index is -5.10. The molecule has 264 valence electrons. The lowest BCUT2D eigenvalue weighted by molar-refractivity contribution is -0.249. The molecule has 0 bridgehead atoms. The van der Waals surface area contributed by atoms with Crippen molar-refractivity contribution in [3.05, 3.63) is 116 Å². The van der Waals surface area contributed by atoms with Gasteiger partial charge in [-0.2, -0.15) is 29.0 Å². The SMILES string of the molecule is CN(CCO[Si](C)(C)C(C)(C)C)c1ccc(C=Cc2cc(CO)c(C=CC3=C(C#N)C(=C(C#N)C#N)OC3(c3ccccc3)C(F)(F)F)s2)cc1. The first kappa shape index (κ1) is 38.9. The lowest BCUT2D eigenvalue weighted by atomic mass is 9.84. The fraction of sp³-hybridized carbons (Fsp3) is 0.308. The van der Waals surface area contributed by atoms with Crippen molar-refractivity contribution in [1.29, 1.82) is 15.8 Å². The molecule has 2 heterocycles. The molecule has 1 atom stereocenters. The number of ether oxygens (including phenoxy) is 1. The molecular weight excluding hydrogens is 690 g/mol. The summed E-state index contributed by atoms with van der Waals surface area (Å²) in [5.41, 5.74) is -2.97. The summed E-state index contributed by atoms with van der Waals surface area (Å²) in [6.45, 7) is 12.1. The number of anilines is 1. The number of halogens is 3. The summed E-state index contributed by atoms with van der Waals surface area (Å²) in [5.74, 6) is -0.739. The van der Waals surface area contributed by atoms with Gasteiger partial charge in [0.25, 0.3) is 5.60 Å². The third-order valence-electron chi connectivity index (χ3n) is 9.18. The minimum absolute atomic E-state index is 0.144. The summed E-state index contributed by atoms with van der Waals surface area (Å²) < 4.78 is 57.1. The van der Waals surface area contributed by atoms with Gasteiger partial charge in [0.05, 0.1) is 13.2 Å². The van der Waals surface area contributed by atoms with E-state index in [1.807, 2.05) is 43.5 Å². The van der Waals surface area contributed by atoms with Gasteiger partial charge in [0.1, 0.15) is 23.8 Å². The van der Waals surface area contributed by atoms with Crippen molar-refractivity contribution in [1.82, 2.24) is 0 Å². The molecule has 1 aliphatic rings. The maximum atomic E-state index is 15.1. The van der Waals surface area contributed by atoms with Crippen LogP contribution in [0.25, 0.3) is 18.2 Å². The molecule has 0 saturated heterocycles. The van der Waals surface area contributed by atoms with Crippen LogP contribution in [0.3, 0.4) is 0 Å². The van der Waals surface area contributed by atoms with Crippen molar-refractivity contribution in [3.8, 4) is 18.2 Å². The summed E-state index contributed by atoms with van der Waals surface area (Å²) >= 11 is 1.24. The van der Waals surface area contributed by atoms with Crippen LogP contribution in [0.15, 0.2) is 89.2 Å². The smallest absolute Gasteiger partial charge is 0.437 e. The second-order valence-electron chi connectivity index (χ2n) is 13.5. The third kappa shape index (κ3) is 8.20. The molecule has 1 aromatic heterocycles. The van der Waals surface area contributed by atoms with Gasteiger partial charge in [-0.25, -0.2) is 0 Å². The van der Waals surface area contributed by atoms with Crippen molar-refractivity contribution in [2.45, 2.75) is 57.3 Å². The zero-order chi connectivity index (χ0) is 37.6. The van der Waals surface area contributed by atoms with Crippen LogP contribution in [0, 0.1) is 34.0 Å². The summed E-state index contributed by atoms with van der Waals surface area (Å²) in [4.78, 5) is 3.34. The number of nitrogens with zero attached hydrogens (tertiary/aromatic N) is 4. The van der Waals surface area contributed by atoms with Crippen LogP contribution in [0.2, 0.25) is 18.1 Å². The van der Waals surface area contributed by atoms with E-state index in [0.717, 1.165) is 28.7 Å². The Morgan fingerprint density at radius 3 is 2.18 bits per heavy atom.